The van der Waals surface area contributed by atoms with Crippen LogP contribution >= 0.6 is 0 Å². The summed E-state index contributed by atoms with van der Waals surface area (Å²) in [5.41, 5.74) is 2.08. The Hall–Kier alpha value is -1.75. The zero-order valence-electron chi connectivity index (χ0n) is 8.59. The SMILES string of the molecule is CCNCc1cncc(-n2cncn2)c1. The Kier molecular flexibility index (Phi) is 3.04. The van der Waals surface area contributed by atoms with Gasteiger partial charge in [-0.15, -0.1) is 0 Å². The Labute approximate surface area is 88.2 Å². The van der Waals surface area contributed by atoms with Gasteiger partial charge in [-0.25, -0.2) is 9.67 Å². The molecule has 5 nitrogen and oxygen atoms in total. The molecule has 2 heterocycles. The van der Waals surface area contributed by atoms with Crippen LogP contribution in [0.15, 0.2) is 31.1 Å². The van der Waals surface area contributed by atoms with Gasteiger partial charge in [-0.2, -0.15) is 5.10 Å². The Morgan fingerprint density at radius 3 is 3.00 bits per heavy atom. The van der Waals surface area contributed by atoms with Gasteiger partial charge in [0.25, 0.3) is 0 Å². The molecule has 0 aliphatic carbocycles. The maximum Gasteiger partial charge on any atom is 0.138 e. The molecule has 2 aromatic rings. The summed E-state index contributed by atoms with van der Waals surface area (Å²) in [7, 11) is 0. The molecule has 0 atom stereocenters. The number of nitrogens with zero attached hydrogens (tertiary/aromatic N) is 4. The summed E-state index contributed by atoms with van der Waals surface area (Å²) in [6.45, 7) is 3.86. The molecule has 0 saturated heterocycles. The monoisotopic (exact) mass is 203 g/mol. The van der Waals surface area contributed by atoms with Crippen molar-refractivity contribution in [2.75, 3.05) is 6.54 Å². The molecular weight excluding hydrogens is 190 g/mol. The summed E-state index contributed by atoms with van der Waals surface area (Å²) in [5.74, 6) is 0. The second kappa shape index (κ2) is 4.65. The Morgan fingerprint density at radius 2 is 2.27 bits per heavy atom. The van der Waals surface area contributed by atoms with Crippen molar-refractivity contribution in [3.8, 4) is 5.69 Å². The summed E-state index contributed by atoms with van der Waals surface area (Å²) in [4.78, 5) is 8.06. The highest BCUT2D eigenvalue weighted by atomic mass is 15.3. The molecule has 0 spiro atoms. The van der Waals surface area contributed by atoms with E-state index >= 15 is 0 Å². The molecule has 0 aliphatic rings. The average Bonchev–Trinajstić information content (AvgIpc) is 2.80. The molecule has 0 aromatic carbocycles. The molecule has 0 fully saturated rings. The predicted octanol–water partition coefficient (Wildman–Crippen LogP) is 0.772. The van der Waals surface area contributed by atoms with Crippen LogP contribution in [0.3, 0.4) is 0 Å². The van der Waals surface area contributed by atoms with Crippen molar-refractivity contribution < 1.29 is 0 Å². The molecule has 0 radical (unpaired) electrons. The van der Waals surface area contributed by atoms with Crippen LogP contribution in [0.2, 0.25) is 0 Å². The van der Waals surface area contributed by atoms with E-state index in [4.69, 9.17) is 0 Å². The van der Waals surface area contributed by atoms with E-state index in [9.17, 15) is 0 Å². The second-order valence-electron chi connectivity index (χ2n) is 3.17. The minimum absolute atomic E-state index is 0.825. The summed E-state index contributed by atoms with van der Waals surface area (Å²) in [5, 5.41) is 7.30. The number of pyridine rings is 1. The summed E-state index contributed by atoms with van der Waals surface area (Å²) < 4.78 is 1.70. The highest BCUT2D eigenvalue weighted by Gasteiger charge is 1.99. The highest BCUT2D eigenvalue weighted by molar-refractivity contribution is 5.30. The lowest BCUT2D eigenvalue weighted by Gasteiger charge is -2.04. The number of nitrogens with one attached hydrogen (secondary N) is 1. The largest absolute Gasteiger partial charge is 0.313 e. The van der Waals surface area contributed by atoms with E-state index in [2.05, 4.69) is 27.3 Å². The van der Waals surface area contributed by atoms with Gasteiger partial charge in [-0.3, -0.25) is 4.98 Å². The number of rotatable bonds is 4. The minimum Gasteiger partial charge on any atom is -0.313 e. The zero-order valence-corrected chi connectivity index (χ0v) is 8.59. The van der Waals surface area contributed by atoms with Crippen LogP contribution in [0.5, 0.6) is 0 Å². The van der Waals surface area contributed by atoms with Gasteiger partial charge >= 0.3 is 0 Å². The molecule has 0 amide bonds. The molecule has 0 saturated carbocycles. The lowest BCUT2D eigenvalue weighted by Crippen LogP contribution is -2.12. The third-order valence-corrected chi connectivity index (χ3v) is 2.04. The van der Waals surface area contributed by atoms with E-state index in [0.29, 0.717) is 0 Å². The van der Waals surface area contributed by atoms with Crippen LogP contribution < -0.4 is 5.32 Å². The Morgan fingerprint density at radius 1 is 1.33 bits per heavy atom. The van der Waals surface area contributed by atoms with E-state index in [0.717, 1.165) is 24.3 Å². The molecule has 0 unspecified atom stereocenters. The second-order valence-corrected chi connectivity index (χ2v) is 3.17. The Bertz CT molecular complexity index is 410. The van der Waals surface area contributed by atoms with Gasteiger partial charge in [0.15, 0.2) is 0 Å². The van der Waals surface area contributed by atoms with E-state index in [1.54, 1.807) is 17.2 Å². The van der Waals surface area contributed by atoms with Crippen molar-refractivity contribution in [2.45, 2.75) is 13.5 Å². The molecule has 5 heteroatoms. The van der Waals surface area contributed by atoms with Gasteiger partial charge in [-0.05, 0) is 18.2 Å². The van der Waals surface area contributed by atoms with Crippen molar-refractivity contribution in [3.63, 3.8) is 0 Å². The first-order chi connectivity index (χ1) is 7.40. The van der Waals surface area contributed by atoms with Crippen LogP contribution in [0.25, 0.3) is 5.69 Å². The van der Waals surface area contributed by atoms with E-state index in [-0.39, 0.29) is 0 Å². The summed E-state index contributed by atoms with van der Waals surface area (Å²) in [6.07, 6.45) is 6.79. The van der Waals surface area contributed by atoms with Crippen LogP contribution in [0.4, 0.5) is 0 Å². The van der Waals surface area contributed by atoms with Crippen LogP contribution in [0, 0.1) is 0 Å². The molecule has 15 heavy (non-hydrogen) atoms. The smallest absolute Gasteiger partial charge is 0.138 e. The Balaban J connectivity index is 2.19. The predicted molar refractivity (Wildman–Crippen MR) is 56.5 cm³/mol. The maximum atomic E-state index is 4.16. The molecule has 0 bridgehead atoms. The zero-order chi connectivity index (χ0) is 10.5. The number of aromatic nitrogens is 4. The molecule has 2 aromatic heterocycles. The summed E-state index contributed by atoms with van der Waals surface area (Å²) in [6, 6.07) is 2.05. The maximum absolute atomic E-state index is 4.16. The van der Waals surface area contributed by atoms with E-state index in [1.165, 1.54) is 6.33 Å². The van der Waals surface area contributed by atoms with E-state index < -0.39 is 0 Å². The van der Waals surface area contributed by atoms with Crippen molar-refractivity contribution >= 4 is 0 Å². The van der Waals surface area contributed by atoms with Crippen molar-refractivity contribution in [2.24, 2.45) is 0 Å². The first kappa shape index (κ1) is 9.79. The first-order valence-corrected chi connectivity index (χ1v) is 4.90. The quantitative estimate of drug-likeness (QED) is 0.797. The first-order valence-electron chi connectivity index (χ1n) is 4.90. The molecule has 0 aliphatic heterocycles. The van der Waals surface area contributed by atoms with Crippen molar-refractivity contribution in [1.29, 1.82) is 0 Å². The third-order valence-electron chi connectivity index (χ3n) is 2.04. The third kappa shape index (κ3) is 2.38. The van der Waals surface area contributed by atoms with Gasteiger partial charge < -0.3 is 5.32 Å². The molecule has 78 valence electrons. The lowest BCUT2D eigenvalue weighted by molar-refractivity contribution is 0.722. The van der Waals surface area contributed by atoms with Crippen molar-refractivity contribution in [3.05, 3.63) is 36.7 Å². The van der Waals surface area contributed by atoms with Crippen LogP contribution in [0.1, 0.15) is 12.5 Å². The number of hydrogen-bond acceptors (Lipinski definition) is 4. The normalized spacial score (nSPS) is 10.5. The number of hydrogen-bond donors (Lipinski definition) is 1. The summed E-state index contributed by atoms with van der Waals surface area (Å²) >= 11 is 0. The van der Waals surface area contributed by atoms with Crippen LogP contribution in [-0.2, 0) is 6.54 Å². The fourth-order valence-corrected chi connectivity index (χ4v) is 1.31. The molecule has 2 rings (SSSR count). The molecule has 1 N–H and O–H groups in total. The minimum atomic E-state index is 0.825. The average molecular weight is 203 g/mol. The fraction of sp³-hybridized carbons (Fsp3) is 0.300. The lowest BCUT2D eigenvalue weighted by atomic mass is 10.2. The topological polar surface area (TPSA) is 55.6 Å². The fourth-order valence-electron chi connectivity index (χ4n) is 1.31. The molecular formula is C10H13N5. The van der Waals surface area contributed by atoms with E-state index in [1.807, 2.05) is 12.3 Å². The van der Waals surface area contributed by atoms with Gasteiger partial charge in [0, 0.05) is 12.7 Å². The van der Waals surface area contributed by atoms with Gasteiger partial charge in [0.05, 0.1) is 11.9 Å². The van der Waals surface area contributed by atoms with Gasteiger partial charge in [0.2, 0.25) is 0 Å². The van der Waals surface area contributed by atoms with Crippen molar-refractivity contribution in [1.82, 2.24) is 25.1 Å². The van der Waals surface area contributed by atoms with Gasteiger partial charge in [-0.1, -0.05) is 6.92 Å². The van der Waals surface area contributed by atoms with Gasteiger partial charge in [0.1, 0.15) is 12.7 Å². The van der Waals surface area contributed by atoms with Crippen LogP contribution in [-0.4, -0.2) is 26.3 Å². The highest BCUT2D eigenvalue weighted by Crippen LogP contribution is 2.06. The standard InChI is InChI=1S/C10H13N5/c1-2-11-4-9-3-10(6-12-5-9)15-8-13-7-14-15/h3,5-8,11H,2,4H2,1H3.